The smallest absolute Gasteiger partial charge is 0.182 e. The summed E-state index contributed by atoms with van der Waals surface area (Å²) >= 11 is 0. The topological polar surface area (TPSA) is 38.7 Å². The summed E-state index contributed by atoms with van der Waals surface area (Å²) in [6.45, 7) is 0. The van der Waals surface area contributed by atoms with Gasteiger partial charge in [0.1, 0.15) is 0 Å². The maximum atomic E-state index is 11.6. The first-order valence-electron chi connectivity index (χ1n) is 1.61. The number of hydrogen-bond acceptors (Lipinski definition) is 3. The lowest BCUT2D eigenvalue weighted by Gasteiger charge is -1.74. The third-order valence-corrected chi connectivity index (χ3v) is 0.426. The molecule has 0 saturated carbocycles. The van der Waals surface area contributed by atoms with Crippen molar-refractivity contribution in [1.29, 1.82) is 0 Å². The van der Waals surface area contributed by atoms with E-state index in [1.54, 1.807) is 0 Å². The molecule has 0 aliphatic rings. The number of halogens is 1. The van der Waals surface area contributed by atoms with Crippen LogP contribution in [0.5, 0.6) is 0 Å². The molecule has 1 aromatic heterocycles. The monoisotopic (exact) mass is 98.0 g/mol. The summed E-state index contributed by atoms with van der Waals surface area (Å²) < 4.78 is 11.6. The Bertz CT molecular complexity index is 140. The highest BCUT2D eigenvalue weighted by atomic mass is 19.1. The molecule has 0 amide bonds. The van der Waals surface area contributed by atoms with Crippen molar-refractivity contribution in [2.24, 2.45) is 0 Å². The van der Waals surface area contributed by atoms with E-state index in [4.69, 9.17) is 0 Å². The molecule has 0 atom stereocenters. The van der Waals surface area contributed by atoms with Crippen LogP contribution in [0.3, 0.4) is 0 Å². The van der Waals surface area contributed by atoms with Crippen LogP contribution >= 0.6 is 0 Å². The van der Waals surface area contributed by atoms with Crippen molar-refractivity contribution < 1.29 is 4.39 Å². The molecule has 1 heterocycles. The zero-order chi connectivity index (χ0) is 5.11. The fraction of sp³-hybridized carbons (Fsp3) is 0. The molecule has 0 fully saturated rings. The number of rotatable bonds is 0. The minimum atomic E-state index is -0.727. The first-order chi connectivity index (χ1) is 3.39. The second kappa shape index (κ2) is 1.59. The van der Waals surface area contributed by atoms with Crippen molar-refractivity contribution in [3.63, 3.8) is 0 Å². The van der Waals surface area contributed by atoms with Crippen LogP contribution in [0.4, 0.5) is 4.39 Å². The molecule has 0 N–H and O–H groups in total. The maximum absolute atomic E-state index is 11.6. The van der Waals surface area contributed by atoms with Gasteiger partial charge in [-0.05, 0) is 5.21 Å². The van der Waals surface area contributed by atoms with Crippen LogP contribution in [0.25, 0.3) is 0 Å². The van der Waals surface area contributed by atoms with E-state index in [9.17, 15) is 4.39 Å². The van der Waals surface area contributed by atoms with Crippen molar-refractivity contribution in [1.82, 2.24) is 15.4 Å². The number of hydrogen-bond donors (Lipinski definition) is 0. The van der Waals surface area contributed by atoms with E-state index < -0.39 is 5.95 Å². The summed E-state index contributed by atoms with van der Waals surface area (Å²) in [4.78, 5) is 0. The van der Waals surface area contributed by atoms with Crippen LogP contribution in [-0.4, -0.2) is 15.4 Å². The molecule has 0 saturated heterocycles. The van der Waals surface area contributed by atoms with Crippen LogP contribution in [-0.2, 0) is 0 Å². The first-order valence-corrected chi connectivity index (χ1v) is 1.61. The fourth-order valence-electron chi connectivity index (χ4n) is 0.202. The van der Waals surface area contributed by atoms with E-state index in [0.717, 1.165) is 6.20 Å². The zero-order valence-electron chi connectivity index (χ0n) is 3.30. The molecule has 0 spiro atoms. The van der Waals surface area contributed by atoms with Gasteiger partial charge in [-0.15, -0.1) is 5.10 Å². The summed E-state index contributed by atoms with van der Waals surface area (Å²) in [7, 11) is 0. The predicted molar refractivity (Wildman–Crippen MR) is 18.6 cm³/mol. The number of nitrogens with zero attached hydrogens (tertiary/aromatic N) is 3. The van der Waals surface area contributed by atoms with E-state index in [1.165, 1.54) is 0 Å². The van der Waals surface area contributed by atoms with Gasteiger partial charge in [-0.1, -0.05) is 5.10 Å². The lowest BCUT2D eigenvalue weighted by atomic mass is 10.7. The van der Waals surface area contributed by atoms with Gasteiger partial charge in [0.25, 0.3) is 0 Å². The van der Waals surface area contributed by atoms with E-state index >= 15 is 0 Å². The van der Waals surface area contributed by atoms with Gasteiger partial charge in [-0.25, -0.2) is 0 Å². The van der Waals surface area contributed by atoms with Gasteiger partial charge in [0.15, 0.2) is 0 Å². The molecule has 0 bridgehead atoms. The Morgan fingerprint density at radius 2 is 2.57 bits per heavy atom. The van der Waals surface area contributed by atoms with Gasteiger partial charge >= 0.3 is 0 Å². The summed E-state index contributed by atoms with van der Waals surface area (Å²) in [6, 6.07) is 2.08. The summed E-state index contributed by atoms with van der Waals surface area (Å²) in [6.07, 6.45) is 1.11. The second-order valence-corrected chi connectivity index (χ2v) is 0.869. The summed E-state index contributed by atoms with van der Waals surface area (Å²) in [5, 5.41) is 9.06. The van der Waals surface area contributed by atoms with E-state index in [1.807, 2.05) is 0 Å². The Hall–Kier alpha value is -1.06. The molecule has 3 nitrogen and oxygen atoms in total. The average Bonchev–Trinajstić information content (AvgIpc) is 1.69. The SMILES string of the molecule is Fc1[c]cnnn1. The van der Waals surface area contributed by atoms with Crippen LogP contribution in [0.1, 0.15) is 0 Å². The van der Waals surface area contributed by atoms with Gasteiger partial charge in [0.05, 0.1) is 12.3 Å². The van der Waals surface area contributed by atoms with Gasteiger partial charge in [0.2, 0.25) is 5.95 Å². The number of aromatic nitrogens is 3. The summed E-state index contributed by atoms with van der Waals surface area (Å²) in [5.41, 5.74) is 0. The molecule has 0 aromatic carbocycles. The molecule has 7 heavy (non-hydrogen) atoms. The lowest BCUT2D eigenvalue weighted by molar-refractivity contribution is 0.546. The van der Waals surface area contributed by atoms with E-state index in [2.05, 4.69) is 21.5 Å². The minimum Gasteiger partial charge on any atom is -0.182 e. The molecule has 0 unspecified atom stereocenters. The second-order valence-electron chi connectivity index (χ2n) is 0.869. The minimum absolute atomic E-state index is 0.727. The molecular weight excluding hydrogens is 97.1 g/mol. The highest BCUT2D eigenvalue weighted by Crippen LogP contribution is 1.78. The fourth-order valence-corrected chi connectivity index (χ4v) is 0.202. The van der Waals surface area contributed by atoms with Crippen LogP contribution in [0, 0.1) is 12.0 Å². The van der Waals surface area contributed by atoms with Crippen LogP contribution in [0.15, 0.2) is 6.20 Å². The van der Waals surface area contributed by atoms with Crippen molar-refractivity contribution >= 4 is 0 Å². The van der Waals surface area contributed by atoms with Gasteiger partial charge < -0.3 is 0 Å². The van der Waals surface area contributed by atoms with Crippen molar-refractivity contribution in [3.05, 3.63) is 18.2 Å². The highest BCUT2D eigenvalue weighted by molar-refractivity contribution is 4.71. The van der Waals surface area contributed by atoms with Crippen LogP contribution in [0.2, 0.25) is 0 Å². The maximum Gasteiger partial charge on any atom is 0.244 e. The molecule has 1 radical (unpaired) electrons. The van der Waals surface area contributed by atoms with Crippen LogP contribution < -0.4 is 0 Å². The van der Waals surface area contributed by atoms with Crippen molar-refractivity contribution in [3.8, 4) is 0 Å². The first kappa shape index (κ1) is 4.11. The molecule has 0 aliphatic heterocycles. The highest BCUT2D eigenvalue weighted by Gasteiger charge is 1.82. The zero-order valence-corrected chi connectivity index (χ0v) is 3.30. The Balaban J connectivity index is 3.02. The molecule has 1 aromatic rings. The van der Waals surface area contributed by atoms with Crippen molar-refractivity contribution in [2.75, 3.05) is 0 Å². The quantitative estimate of drug-likeness (QED) is 0.451. The molecular formula is C3HFN3. The Morgan fingerprint density at radius 1 is 1.71 bits per heavy atom. The Labute approximate surface area is 39.2 Å². The Kier molecular flexibility index (Phi) is 0.934. The normalized spacial score (nSPS) is 8.71. The summed E-state index contributed by atoms with van der Waals surface area (Å²) in [5.74, 6) is -0.727. The standard InChI is InChI=1S/C3HFN3/c4-3-1-2-5-7-6-3/h2H. The molecule has 1 rings (SSSR count). The third kappa shape index (κ3) is 0.887. The predicted octanol–water partition coefficient (Wildman–Crippen LogP) is -0.189. The molecule has 0 aliphatic carbocycles. The largest absolute Gasteiger partial charge is 0.244 e. The molecule has 35 valence electrons. The average molecular weight is 98.1 g/mol. The van der Waals surface area contributed by atoms with Gasteiger partial charge in [-0.2, -0.15) is 4.39 Å². The molecule has 4 heteroatoms. The van der Waals surface area contributed by atoms with E-state index in [-0.39, 0.29) is 0 Å². The van der Waals surface area contributed by atoms with E-state index in [0.29, 0.717) is 0 Å². The van der Waals surface area contributed by atoms with Gasteiger partial charge in [0, 0.05) is 0 Å². The van der Waals surface area contributed by atoms with Gasteiger partial charge in [-0.3, -0.25) is 0 Å². The third-order valence-electron chi connectivity index (χ3n) is 0.426. The lowest BCUT2D eigenvalue weighted by Crippen LogP contribution is -1.87. The van der Waals surface area contributed by atoms with Crippen molar-refractivity contribution in [2.45, 2.75) is 0 Å². The Morgan fingerprint density at radius 3 is 2.86 bits per heavy atom.